The van der Waals surface area contributed by atoms with E-state index in [-0.39, 0.29) is 23.2 Å². The number of likely N-dealkylation sites (tertiary alicyclic amines) is 2. The van der Waals surface area contributed by atoms with Crippen LogP contribution in [-0.4, -0.2) is 67.2 Å². The highest BCUT2D eigenvalue weighted by Gasteiger charge is 2.47. The van der Waals surface area contributed by atoms with Crippen LogP contribution in [0.5, 0.6) is 0 Å². The quantitative estimate of drug-likeness (QED) is 0.725. The van der Waals surface area contributed by atoms with Gasteiger partial charge < -0.3 is 19.4 Å². The molecule has 0 saturated carbocycles. The zero-order chi connectivity index (χ0) is 22.0. The Kier molecular flexibility index (Phi) is 6.51. The Morgan fingerprint density at radius 2 is 1.84 bits per heavy atom. The molecule has 31 heavy (non-hydrogen) atoms. The molecule has 2 amide bonds. The van der Waals surface area contributed by atoms with Gasteiger partial charge in [0.25, 0.3) is 0 Å². The van der Waals surface area contributed by atoms with Crippen molar-refractivity contribution in [2.75, 3.05) is 44.2 Å². The fourth-order valence-corrected chi connectivity index (χ4v) is 5.59. The summed E-state index contributed by atoms with van der Waals surface area (Å²) in [6, 6.07) is 5.37. The minimum atomic E-state index is -0.225. The molecule has 3 heterocycles. The van der Waals surface area contributed by atoms with Crippen molar-refractivity contribution >= 4 is 17.7 Å². The molecular weight excluding hydrogens is 397 g/mol. The number of rotatable bonds is 4. The Labute approximate surface area is 184 Å². The molecule has 7 heteroatoms. The SMILES string of the molecule is CCCC(=O)N1CC2(CCN(C3CCN(C(=O)OCC)CC3)CC2)c2cc(F)ccc21. The van der Waals surface area contributed by atoms with Gasteiger partial charge in [0.15, 0.2) is 0 Å². The average molecular weight is 432 g/mol. The predicted octanol–water partition coefficient (Wildman–Crippen LogP) is 3.93. The van der Waals surface area contributed by atoms with Crippen molar-refractivity contribution in [1.82, 2.24) is 9.80 Å². The number of piperidine rings is 2. The highest BCUT2D eigenvalue weighted by molar-refractivity contribution is 5.96. The van der Waals surface area contributed by atoms with Crippen LogP contribution >= 0.6 is 0 Å². The summed E-state index contributed by atoms with van der Waals surface area (Å²) < 4.78 is 19.3. The van der Waals surface area contributed by atoms with Gasteiger partial charge in [0.2, 0.25) is 5.91 Å². The monoisotopic (exact) mass is 431 g/mol. The highest BCUT2D eigenvalue weighted by Crippen LogP contribution is 2.48. The molecule has 0 aliphatic carbocycles. The van der Waals surface area contributed by atoms with E-state index in [4.69, 9.17) is 4.74 Å². The second-order valence-electron chi connectivity index (χ2n) is 9.12. The fourth-order valence-electron chi connectivity index (χ4n) is 5.59. The van der Waals surface area contributed by atoms with Gasteiger partial charge in [0, 0.05) is 43.2 Å². The number of nitrogens with zero attached hydrogens (tertiary/aromatic N) is 3. The summed E-state index contributed by atoms with van der Waals surface area (Å²) in [5.41, 5.74) is 1.76. The lowest BCUT2D eigenvalue weighted by Crippen LogP contribution is -2.52. The first-order valence-electron chi connectivity index (χ1n) is 11.7. The maximum absolute atomic E-state index is 14.1. The number of amides is 2. The minimum absolute atomic E-state index is 0.140. The van der Waals surface area contributed by atoms with Crippen molar-refractivity contribution in [3.8, 4) is 0 Å². The van der Waals surface area contributed by atoms with Crippen molar-refractivity contribution in [3.63, 3.8) is 0 Å². The van der Waals surface area contributed by atoms with Crippen molar-refractivity contribution in [2.24, 2.45) is 0 Å². The van der Waals surface area contributed by atoms with Gasteiger partial charge in [0.05, 0.1) is 6.61 Å². The number of ether oxygens (including phenoxy) is 1. The molecule has 2 saturated heterocycles. The smallest absolute Gasteiger partial charge is 0.409 e. The van der Waals surface area contributed by atoms with E-state index in [0.717, 1.165) is 69.5 Å². The Balaban J connectivity index is 1.42. The van der Waals surface area contributed by atoms with Gasteiger partial charge >= 0.3 is 6.09 Å². The Morgan fingerprint density at radius 3 is 2.48 bits per heavy atom. The fraction of sp³-hybridized carbons (Fsp3) is 0.667. The van der Waals surface area contributed by atoms with Crippen LogP contribution in [0.4, 0.5) is 14.9 Å². The van der Waals surface area contributed by atoms with Gasteiger partial charge in [-0.1, -0.05) is 6.92 Å². The molecule has 0 radical (unpaired) electrons. The number of fused-ring (bicyclic) bond motifs is 2. The molecule has 0 aromatic heterocycles. The molecule has 170 valence electrons. The number of benzene rings is 1. The zero-order valence-corrected chi connectivity index (χ0v) is 18.7. The molecule has 3 aliphatic rings. The predicted molar refractivity (Wildman–Crippen MR) is 118 cm³/mol. The third kappa shape index (κ3) is 4.29. The first-order valence-corrected chi connectivity index (χ1v) is 11.7. The second kappa shape index (κ2) is 9.15. The first-order chi connectivity index (χ1) is 15.0. The van der Waals surface area contributed by atoms with Gasteiger partial charge in [-0.25, -0.2) is 9.18 Å². The van der Waals surface area contributed by atoms with E-state index in [1.807, 2.05) is 18.7 Å². The van der Waals surface area contributed by atoms with Gasteiger partial charge in [-0.15, -0.1) is 0 Å². The van der Waals surface area contributed by atoms with Crippen LogP contribution in [0.1, 0.15) is 57.9 Å². The summed E-state index contributed by atoms with van der Waals surface area (Å²) in [6.45, 7) is 8.27. The van der Waals surface area contributed by atoms with Gasteiger partial charge in [-0.3, -0.25) is 4.79 Å². The lowest BCUT2D eigenvalue weighted by atomic mass is 9.74. The Bertz CT molecular complexity index is 814. The Hall–Kier alpha value is -2.15. The van der Waals surface area contributed by atoms with E-state index >= 15 is 0 Å². The van der Waals surface area contributed by atoms with E-state index in [0.29, 0.717) is 25.6 Å². The number of hydrogen-bond acceptors (Lipinski definition) is 4. The Morgan fingerprint density at radius 1 is 1.13 bits per heavy atom. The van der Waals surface area contributed by atoms with E-state index in [1.54, 1.807) is 17.0 Å². The molecule has 6 nitrogen and oxygen atoms in total. The molecule has 4 rings (SSSR count). The molecule has 3 aliphatic heterocycles. The van der Waals surface area contributed by atoms with Crippen molar-refractivity contribution in [1.29, 1.82) is 0 Å². The summed E-state index contributed by atoms with van der Waals surface area (Å²) in [5, 5.41) is 0. The second-order valence-corrected chi connectivity index (χ2v) is 9.12. The van der Waals surface area contributed by atoms with Crippen molar-refractivity contribution in [3.05, 3.63) is 29.6 Å². The van der Waals surface area contributed by atoms with Crippen LogP contribution < -0.4 is 4.90 Å². The third-order valence-electron chi connectivity index (χ3n) is 7.31. The van der Waals surface area contributed by atoms with Crippen LogP contribution in [0, 0.1) is 5.82 Å². The lowest BCUT2D eigenvalue weighted by Gasteiger charge is -2.45. The normalized spacial score (nSPS) is 21.4. The summed E-state index contributed by atoms with van der Waals surface area (Å²) in [7, 11) is 0. The maximum Gasteiger partial charge on any atom is 0.409 e. The van der Waals surface area contributed by atoms with Crippen molar-refractivity contribution < 1.29 is 18.7 Å². The number of halogens is 1. The largest absolute Gasteiger partial charge is 0.450 e. The van der Waals surface area contributed by atoms with Crippen LogP contribution in [0.3, 0.4) is 0 Å². The third-order valence-corrected chi connectivity index (χ3v) is 7.31. The minimum Gasteiger partial charge on any atom is -0.450 e. The molecule has 1 aromatic rings. The molecule has 0 unspecified atom stereocenters. The molecule has 2 fully saturated rings. The summed E-state index contributed by atoms with van der Waals surface area (Å²) in [4.78, 5) is 30.9. The molecule has 1 spiro atoms. The highest BCUT2D eigenvalue weighted by atomic mass is 19.1. The number of carbonyl (C=O) groups is 2. The van der Waals surface area contributed by atoms with Crippen LogP contribution in [0.2, 0.25) is 0 Å². The molecule has 1 aromatic carbocycles. The topological polar surface area (TPSA) is 53.1 Å². The van der Waals surface area contributed by atoms with Crippen molar-refractivity contribution in [2.45, 2.75) is 63.8 Å². The van der Waals surface area contributed by atoms with Gasteiger partial charge in [0.1, 0.15) is 5.82 Å². The van der Waals surface area contributed by atoms with Gasteiger partial charge in [-0.05, 0) is 75.9 Å². The zero-order valence-electron chi connectivity index (χ0n) is 18.7. The number of carbonyl (C=O) groups excluding carboxylic acids is 2. The summed E-state index contributed by atoms with van der Waals surface area (Å²) in [5.74, 6) is -0.0855. The van der Waals surface area contributed by atoms with E-state index in [2.05, 4.69) is 4.90 Å². The van der Waals surface area contributed by atoms with E-state index < -0.39 is 0 Å². The lowest BCUT2D eigenvalue weighted by molar-refractivity contribution is -0.118. The number of anilines is 1. The molecule has 0 bridgehead atoms. The van der Waals surface area contributed by atoms with Crippen LogP contribution in [0.15, 0.2) is 18.2 Å². The average Bonchev–Trinajstić information content (AvgIpc) is 3.08. The molecular formula is C24H34FN3O3. The van der Waals surface area contributed by atoms with Crippen LogP contribution in [-0.2, 0) is 14.9 Å². The van der Waals surface area contributed by atoms with Crippen LogP contribution in [0.25, 0.3) is 0 Å². The first kappa shape index (κ1) is 22.1. The van der Waals surface area contributed by atoms with E-state index in [1.165, 1.54) is 6.07 Å². The molecule has 0 N–H and O–H groups in total. The summed E-state index contributed by atoms with van der Waals surface area (Å²) in [6.07, 6.45) is 4.90. The standard InChI is InChI=1S/C24H34FN3O3/c1-3-5-22(29)28-17-24(20-16-18(25)6-7-21(20)28)10-14-26(15-11-24)19-8-12-27(13-9-19)23(30)31-4-2/h6-7,16,19H,3-5,8-15,17H2,1-2H3. The molecule has 0 atom stereocenters. The maximum atomic E-state index is 14.1. The van der Waals surface area contributed by atoms with E-state index in [9.17, 15) is 14.0 Å². The number of hydrogen-bond donors (Lipinski definition) is 0. The van der Waals surface area contributed by atoms with Gasteiger partial charge in [-0.2, -0.15) is 0 Å². The summed E-state index contributed by atoms with van der Waals surface area (Å²) >= 11 is 0.